The molecule has 6 heteroatoms. The maximum atomic E-state index is 11.1. The van der Waals surface area contributed by atoms with E-state index in [0.717, 1.165) is 19.4 Å². The van der Waals surface area contributed by atoms with Gasteiger partial charge < -0.3 is 10.1 Å². The topological polar surface area (TPSA) is 88.2 Å². The van der Waals surface area contributed by atoms with Crippen molar-refractivity contribution in [2.24, 2.45) is 5.92 Å². The summed E-state index contributed by atoms with van der Waals surface area (Å²) in [5.41, 5.74) is 0.326. The van der Waals surface area contributed by atoms with E-state index in [9.17, 15) is 10.1 Å². The molecule has 6 nitrogen and oxygen atoms in total. The van der Waals surface area contributed by atoms with E-state index in [1.54, 1.807) is 12.1 Å². The molecule has 2 rings (SSSR count). The predicted molar refractivity (Wildman–Crippen MR) is 74.4 cm³/mol. The van der Waals surface area contributed by atoms with Crippen LogP contribution < -0.4 is 5.32 Å². The molecule has 1 aromatic rings. The Balaban J connectivity index is 2.14. The SMILES string of the molecule is CCC1OCCC1CNc1cccc(C#N)c1[N+](=O)[O-]. The minimum Gasteiger partial charge on any atom is -0.379 e. The molecule has 1 heterocycles. The molecule has 0 amide bonds. The van der Waals surface area contributed by atoms with Crippen molar-refractivity contribution in [3.63, 3.8) is 0 Å². The van der Waals surface area contributed by atoms with Crippen LogP contribution in [0, 0.1) is 27.4 Å². The van der Waals surface area contributed by atoms with Crippen LogP contribution in [-0.4, -0.2) is 24.2 Å². The molecule has 20 heavy (non-hydrogen) atoms. The van der Waals surface area contributed by atoms with E-state index < -0.39 is 4.92 Å². The lowest BCUT2D eigenvalue weighted by atomic mass is 9.99. The van der Waals surface area contributed by atoms with Crippen molar-refractivity contribution in [2.75, 3.05) is 18.5 Å². The van der Waals surface area contributed by atoms with Crippen molar-refractivity contribution in [3.05, 3.63) is 33.9 Å². The number of hydrogen-bond donors (Lipinski definition) is 1. The molecule has 1 aliphatic rings. The summed E-state index contributed by atoms with van der Waals surface area (Å²) < 4.78 is 5.60. The van der Waals surface area contributed by atoms with Gasteiger partial charge in [0.1, 0.15) is 17.3 Å². The van der Waals surface area contributed by atoms with E-state index in [1.165, 1.54) is 6.07 Å². The highest BCUT2D eigenvalue weighted by molar-refractivity contribution is 5.68. The molecule has 2 unspecified atom stereocenters. The quantitative estimate of drug-likeness (QED) is 0.659. The standard InChI is InChI=1S/C14H17N3O3/c1-2-13-11(6-7-20-13)9-16-12-5-3-4-10(8-15)14(12)17(18)19/h3-5,11,13,16H,2,6-7,9H2,1H3. The molecule has 0 saturated carbocycles. The predicted octanol–water partition coefficient (Wildman–Crippen LogP) is 2.69. The van der Waals surface area contributed by atoms with E-state index in [1.807, 2.05) is 6.07 Å². The van der Waals surface area contributed by atoms with Gasteiger partial charge in [0.25, 0.3) is 0 Å². The normalized spacial score (nSPS) is 21.4. The highest BCUT2D eigenvalue weighted by Crippen LogP contribution is 2.30. The Bertz CT molecular complexity index is 539. The smallest absolute Gasteiger partial charge is 0.309 e. The van der Waals surface area contributed by atoms with Gasteiger partial charge in [0, 0.05) is 19.1 Å². The second kappa shape index (κ2) is 6.35. The first kappa shape index (κ1) is 14.3. The summed E-state index contributed by atoms with van der Waals surface area (Å²) in [6.07, 6.45) is 2.10. The average molecular weight is 275 g/mol. The van der Waals surface area contributed by atoms with E-state index in [-0.39, 0.29) is 17.4 Å². The summed E-state index contributed by atoms with van der Waals surface area (Å²) in [7, 11) is 0. The zero-order valence-electron chi connectivity index (χ0n) is 11.3. The van der Waals surface area contributed by atoms with Crippen LogP contribution in [0.4, 0.5) is 11.4 Å². The highest BCUT2D eigenvalue weighted by atomic mass is 16.6. The highest BCUT2D eigenvalue weighted by Gasteiger charge is 2.27. The first-order chi connectivity index (χ1) is 9.67. The number of nitro groups is 1. The molecule has 106 valence electrons. The van der Waals surface area contributed by atoms with Gasteiger partial charge in [-0.05, 0) is 25.0 Å². The Labute approximate surface area is 117 Å². The van der Waals surface area contributed by atoms with Gasteiger partial charge in [-0.1, -0.05) is 13.0 Å². The van der Waals surface area contributed by atoms with Crippen LogP contribution in [-0.2, 0) is 4.74 Å². The molecule has 1 saturated heterocycles. The Hall–Kier alpha value is -2.13. The van der Waals surface area contributed by atoms with Gasteiger partial charge in [-0.15, -0.1) is 0 Å². The van der Waals surface area contributed by atoms with Crippen molar-refractivity contribution in [1.82, 2.24) is 0 Å². The number of nitriles is 1. The Morgan fingerprint density at radius 1 is 1.60 bits per heavy atom. The van der Waals surface area contributed by atoms with Crippen LogP contribution in [0.3, 0.4) is 0 Å². The molecule has 0 spiro atoms. The number of nitrogens with zero attached hydrogens (tertiary/aromatic N) is 2. The van der Waals surface area contributed by atoms with Gasteiger partial charge in [0.15, 0.2) is 0 Å². The number of anilines is 1. The zero-order valence-corrected chi connectivity index (χ0v) is 11.3. The molecule has 0 aliphatic carbocycles. The van der Waals surface area contributed by atoms with Crippen molar-refractivity contribution < 1.29 is 9.66 Å². The summed E-state index contributed by atoms with van der Waals surface area (Å²) in [5, 5.41) is 23.2. The fraction of sp³-hybridized carbons (Fsp3) is 0.500. The van der Waals surface area contributed by atoms with Gasteiger partial charge >= 0.3 is 5.69 Å². The molecule has 1 fully saturated rings. The maximum Gasteiger partial charge on any atom is 0.309 e. The number of para-hydroxylation sites is 1. The lowest BCUT2D eigenvalue weighted by Crippen LogP contribution is -2.23. The van der Waals surface area contributed by atoms with Crippen LogP contribution in [0.15, 0.2) is 18.2 Å². The summed E-state index contributed by atoms with van der Waals surface area (Å²) in [4.78, 5) is 10.6. The molecule has 0 aromatic heterocycles. The third-order valence-corrected chi connectivity index (χ3v) is 3.64. The van der Waals surface area contributed by atoms with Crippen LogP contribution in [0.25, 0.3) is 0 Å². The second-order valence-electron chi connectivity index (χ2n) is 4.82. The van der Waals surface area contributed by atoms with Crippen LogP contribution >= 0.6 is 0 Å². The van der Waals surface area contributed by atoms with Gasteiger partial charge in [-0.3, -0.25) is 10.1 Å². The number of nitro benzene ring substituents is 1. The minimum atomic E-state index is -0.511. The maximum absolute atomic E-state index is 11.1. The molecule has 1 N–H and O–H groups in total. The van der Waals surface area contributed by atoms with Crippen molar-refractivity contribution in [1.29, 1.82) is 5.26 Å². The van der Waals surface area contributed by atoms with Crippen LogP contribution in [0.2, 0.25) is 0 Å². The first-order valence-electron chi connectivity index (χ1n) is 6.70. The molecular weight excluding hydrogens is 258 g/mol. The molecule has 2 atom stereocenters. The monoisotopic (exact) mass is 275 g/mol. The lowest BCUT2D eigenvalue weighted by Gasteiger charge is -2.18. The Morgan fingerprint density at radius 3 is 3.05 bits per heavy atom. The van der Waals surface area contributed by atoms with Crippen LogP contribution in [0.5, 0.6) is 0 Å². The average Bonchev–Trinajstić information content (AvgIpc) is 2.91. The molecule has 1 aliphatic heterocycles. The van der Waals surface area contributed by atoms with E-state index in [2.05, 4.69) is 12.2 Å². The fourth-order valence-electron chi connectivity index (χ4n) is 2.59. The van der Waals surface area contributed by atoms with E-state index >= 15 is 0 Å². The van der Waals surface area contributed by atoms with Gasteiger partial charge in [0.05, 0.1) is 11.0 Å². The molecular formula is C14H17N3O3. The largest absolute Gasteiger partial charge is 0.379 e. The number of rotatable bonds is 5. The summed E-state index contributed by atoms with van der Waals surface area (Å²) >= 11 is 0. The van der Waals surface area contributed by atoms with Gasteiger partial charge in [-0.2, -0.15) is 5.26 Å². The van der Waals surface area contributed by atoms with E-state index in [4.69, 9.17) is 10.00 Å². The summed E-state index contributed by atoms with van der Waals surface area (Å²) in [5.74, 6) is 0.352. The zero-order chi connectivity index (χ0) is 14.5. The van der Waals surface area contributed by atoms with Gasteiger partial charge in [-0.25, -0.2) is 0 Å². The van der Waals surface area contributed by atoms with Gasteiger partial charge in [0.2, 0.25) is 0 Å². The lowest BCUT2D eigenvalue weighted by molar-refractivity contribution is -0.384. The summed E-state index contributed by atoms with van der Waals surface area (Å²) in [6.45, 7) is 3.43. The first-order valence-corrected chi connectivity index (χ1v) is 6.70. The Morgan fingerprint density at radius 2 is 2.40 bits per heavy atom. The summed E-state index contributed by atoms with van der Waals surface area (Å²) in [6, 6.07) is 6.60. The van der Waals surface area contributed by atoms with Crippen molar-refractivity contribution >= 4 is 11.4 Å². The Kier molecular flexibility index (Phi) is 4.53. The van der Waals surface area contributed by atoms with Crippen molar-refractivity contribution in [3.8, 4) is 6.07 Å². The van der Waals surface area contributed by atoms with Crippen LogP contribution in [0.1, 0.15) is 25.3 Å². The minimum absolute atomic E-state index is 0.0784. The molecule has 1 aromatic carbocycles. The number of nitrogens with one attached hydrogen (secondary N) is 1. The second-order valence-corrected chi connectivity index (χ2v) is 4.82. The number of benzene rings is 1. The van der Waals surface area contributed by atoms with E-state index in [0.29, 0.717) is 18.2 Å². The molecule has 0 radical (unpaired) electrons. The third kappa shape index (κ3) is 2.89. The molecule has 0 bridgehead atoms. The van der Waals surface area contributed by atoms with Crippen molar-refractivity contribution in [2.45, 2.75) is 25.9 Å². The number of hydrogen-bond acceptors (Lipinski definition) is 5. The fourth-order valence-corrected chi connectivity index (χ4v) is 2.59. The third-order valence-electron chi connectivity index (χ3n) is 3.64. The number of ether oxygens (including phenoxy) is 1.